The summed E-state index contributed by atoms with van der Waals surface area (Å²) in [5.74, 6) is 1.33. The van der Waals surface area contributed by atoms with Crippen LogP contribution in [0.2, 0.25) is 0 Å². The Morgan fingerprint density at radius 1 is 1.30 bits per heavy atom. The molecule has 0 aliphatic rings. The van der Waals surface area contributed by atoms with Gasteiger partial charge in [0.15, 0.2) is 5.82 Å². The van der Waals surface area contributed by atoms with Crippen molar-refractivity contribution in [3.63, 3.8) is 0 Å². The zero-order valence-electron chi connectivity index (χ0n) is 12.4. The van der Waals surface area contributed by atoms with Crippen LogP contribution < -0.4 is 0 Å². The van der Waals surface area contributed by atoms with Gasteiger partial charge in [-0.3, -0.25) is 0 Å². The highest BCUT2D eigenvalue weighted by Gasteiger charge is 2.22. The molecular formula is C15H15N5O2S. The van der Waals surface area contributed by atoms with E-state index in [4.69, 9.17) is 0 Å². The zero-order valence-corrected chi connectivity index (χ0v) is 13.3. The lowest BCUT2D eigenvalue weighted by Crippen LogP contribution is -2.09. The number of rotatable bonds is 5. The molecule has 3 rings (SSSR count). The maximum absolute atomic E-state index is 10.9. The minimum absolute atomic E-state index is 0.0352. The molecule has 1 atom stereocenters. The second-order valence-electron chi connectivity index (χ2n) is 5.06. The summed E-state index contributed by atoms with van der Waals surface area (Å²) < 4.78 is 3.42. The molecule has 0 radical (unpaired) electrons. The molecule has 0 amide bonds. The van der Waals surface area contributed by atoms with Crippen molar-refractivity contribution >= 4 is 18.4 Å². The molecule has 118 valence electrons. The highest BCUT2D eigenvalue weighted by atomic mass is 32.1. The Balaban J connectivity index is 1.87. The van der Waals surface area contributed by atoms with Crippen LogP contribution in [0, 0.1) is 10.1 Å². The van der Waals surface area contributed by atoms with Crippen molar-refractivity contribution in [1.82, 2.24) is 19.1 Å². The van der Waals surface area contributed by atoms with Gasteiger partial charge in [-0.2, -0.15) is 12.6 Å². The van der Waals surface area contributed by atoms with Crippen LogP contribution in [0.25, 0.3) is 5.69 Å². The van der Waals surface area contributed by atoms with Crippen LogP contribution in [0.3, 0.4) is 0 Å². The fourth-order valence-electron chi connectivity index (χ4n) is 2.43. The van der Waals surface area contributed by atoms with Gasteiger partial charge in [0, 0.05) is 24.5 Å². The minimum Gasteiger partial charge on any atom is -0.358 e. The van der Waals surface area contributed by atoms with Crippen LogP contribution in [-0.2, 0) is 13.5 Å². The van der Waals surface area contributed by atoms with Crippen molar-refractivity contribution in [3.05, 3.63) is 70.7 Å². The largest absolute Gasteiger partial charge is 0.358 e. The molecule has 0 N–H and O–H groups in total. The van der Waals surface area contributed by atoms with E-state index in [0.29, 0.717) is 12.2 Å². The Morgan fingerprint density at radius 3 is 2.70 bits per heavy atom. The van der Waals surface area contributed by atoms with E-state index in [1.54, 1.807) is 13.2 Å². The number of imidazole rings is 2. The SMILES string of the molecule is Cn1c([N+](=O)[O-])cnc1CC(S)c1nccn1-c1ccccc1. The van der Waals surface area contributed by atoms with Crippen molar-refractivity contribution in [1.29, 1.82) is 0 Å². The second-order valence-corrected chi connectivity index (χ2v) is 5.68. The first-order chi connectivity index (χ1) is 11.1. The summed E-state index contributed by atoms with van der Waals surface area (Å²) in [6, 6.07) is 9.82. The summed E-state index contributed by atoms with van der Waals surface area (Å²) in [5, 5.41) is 10.7. The highest BCUT2D eigenvalue weighted by molar-refractivity contribution is 7.80. The topological polar surface area (TPSA) is 78.8 Å². The van der Waals surface area contributed by atoms with Crippen molar-refractivity contribution < 1.29 is 4.92 Å². The van der Waals surface area contributed by atoms with Gasteiger partial charge in [0.1, 0.15) is 12.0 Å². The minimum atomic E-state index is -0.449. The molecule has 2 aromatic heterocycles. The van der Waals surface area contributed by atoms with Crippen molar-refractivity contribution in [3.8, 4) is 5.69 Å². The third-order valence-electron chi connectivity index (χ3n) is 3.62. The molecule has 0 bridgehead atoms. The lowest BCUT2D eigenvalue weighted by atomic mass is 10.2. The van der Waals surface area contributed by atoms with Gasteiger partial charge in [0.05, 0.1) is 12.3 Å². The van der Waals surface area contributed by atoms with Crippen molar-refractivity contribution in [2.75, 3.05) is 0 Å². The molecule has 0 spiro atoms. The number of para-hydroxylation sites is 1. The van der Waals surface area contributed by atoms with Crippen LogP contribution in [-0.4, -0.2) is 24.0 Å². The first kappa shape index (κ1) is 15.3. The third-order valence-corrected chi connectivity index (χ3v) is 4.04. The number of nitro groups is 1. The summed E-state index contributed by atoms with van der Waals surface area (Å²) >= 11 is 4.62. The molecule has 0 saturated heterocycles. The quantitative estimate of drug-likeness (QED) is 0.443. The number of hydrogen-bond acceptors (Lipinski definition) is 5. The Labute approximate surface area is 138 Å². The van der Waals surface area contributed by atoms with Gasteiger partial charge in [-0.05, 0) is 17.1 Å². The number of thiol groups is 1. The van der Waals surface area contributed by atoms with Gasteiger partial charge in [0.25, 0.3) is 0 Å². The number of aromatic nitrogens is 4. The van der Waals surface area contributed by atoms with Gasteiger partial charge in [-0.15, -0.1) is 0 Å². The molecule has 0 aliphatic heterocycles. The van der Waals surface area contributed by atoms with Gasteiger partial charge in [-0.25, -0.2) is 14.5 Å². The van der Waals surface area contributed by atoms with E-state index in [0.717, 1.165) is 11.5 Å². The number of nitrogens with zero attached hydrogens (tertiary/aromatic N) is 5. The molecule has 1 aromatic carbocycles. The Hall–Kier alpha value is -2.61. The van der Waals surface area contributed by atoms with E-state index in [2.05, 4.69) is 22.6 Å². The maximum Gasteiger partial charge on any atom is 0.342 e. The fraction of sp³-hybridized carbons (Fsp3) is 0.200. The summed E-state index contributed by atoms with van der Waals surface area (Å²) in [6.45, 7) is 0. The average molecular weight is 329 g/mol. The molecule has 23 heavy (non-hydrogen) atoms. The summed E-state index contributed by atoms with van der Waals surface area (Å²) in [7, 11) is 1.63. The Morgan fingerprint density at radius 2 is 2.04 bits per heavy atom. The highest BCUT2D eigenvalue weighted by Crippen LogP contribution is 2.26. The molecule has 1 unspecified atom stereocenters. The van der Waals surface area contributed by atoms with Gasteiger partial charge in [0.2, 0.25) is 0 Å². The normalized spacial score (nSPS) is 12.3. The zero-order chi connectivity index (χ0) is 16.4. The van der Waals surface area contributed by atoms with E-state index in [9.17, 15) is 10.1 Å². The predicted molar refractivity (Wildman–Crippen MR) is 88.9 cm³/mol. The molecule has 0 saturated carbocycles. The van der Waals surface area contributed by atoms with E-state index >= 15 is 0 Å². The van der Waals surface area contributed by atoms with Crippen LogP contribution in [0.4, 0.5) is 5.82 Å². The predicted octanol–water partition coefficient (Wildman–Crippen LogP) is 2.73. The molecule has 2 heterocycles. The lowest BCUT2D eigenvalue weighted by Gasteiger charge is -2.12. The van der Waals surface area contributed by atoms with Crippen LogP contribution in [0.5, 0.6) is 0 Å². The van der Waals surface area contributed by atoms with E-state index in [1.165, 1.54) is 10.8 Å². The van der Waals surface area contributed by atoms with E-state index in [1.807, 2.05) is 41.1 Å². The van der Waals surface area contributed by atoms with E-state index < -0.39 is 4.92 Å². The summed E-state index contributed by atoms with van der Waals surface area (Å²) in [4.78, 5) is 18.9. The molecule has 0 aliphatic carbocycles. The maximum atomic E-state index is 10.9. The third kappa shape index (κ3) is 2.98. The summed E-state index contributed by atoms with van der Waals surface area (Å²) in [6.07, 6.45) is 5.29. The molecular weight excluding hydrogens is 314 g/mol. The Kier molecular flexibility index (Phi) is 4.16. The molecule has 7 nitrogen and oxygen atoms in total. The van der Waals surface area contributed by atoms with Crippen molar-refractivity contribution in [2.24, 2.45) is 7.05 Å². The standard InChI is InChI=1S/C15H15N5O2S/c1-18-13(17-10-14(18)20(21)22)9-12(23)15-16-7-8-19(15)11-5-3-2-4-6-11/h2-8,10,12,23H,9H2,1H3. The van der Waals surface area contributed by atoms with Gasteiger partial charge >= 0.3 is 5.82 Å². The monoisotopic (exact) mass is 329 g/mol. The molecule has 8 heteroatoms. The first-order valence-electron chi connectivity index (χ1n) is 6.99. The molecule has 3 aromatic rings. The van der Waals surface area contributed by atoms with E-state index in [-0.39, 0.29) is 11.1 Å². The summed E-state index contributed by atoms with van der Waals surface area (Å²) in [5.41, 5.74) is 0.991. The number of benzene rings is 1. The smallest absolute Gasteiger partial charge is 0.342 e. The molecule has 0 fully saturated rings. The van der Waals surface area contributed by atoms with Gasteiger partial charge < -0.3 is 14.7 Å². The van der Waals surface area contributed by atoms with Crippen LogP contribution in [0.1, 0.15) is 16.9 Å². The van der Waals surface area contributed by atoms with Gasteiger partial charge in [-0.1, -0.05) is 18.2 Å². The first-order valence-corrected chi connectivity index (χ1v) is 7.51. The van der Waals surface area contributed by atoms with Crippen LogP contribution in [0.15, 0.2) is 48.9 Å². The number of hydrogen-bond donors (Lipinski definition) is 1. The average Bonchev–Trinajstić information content (AvgIpc) is 3.16. The fourth-order valence-corrected chi connectivity index (χ4v) is 2.78. The lowest BCUT2D eigenvalue weighted by molar-refractivity contribution is -0.391. The van der Waals surface area contributed by atoms with Crippen LogP contribution >= 0.6 is 12.6 Å². The second kappa shape index (κ2) is 6.25. The Bertz CT molecular complexity index is 828. The van der Waals surface area contributed by atoms with Crippen molar-refractivity contribution in [2.45, 2.75) is 11.7 Å².